The van der Waals surface area contributed by atoms with Crippen molar-refractivity contribution < 1.29 is 8.42 Å². The lowest BCUT2D eigenvalue weighted by molar-refractivity contribution is 0.148. The van der Waals surface area contributed by atoms with Gasteiger partial charge in [-0.3, -0.25) is 9.58 Å². The van der Waals surface area contributed by atoms with Crippen molar-refractivity contribution in [2.45, 2.75) is 17.9 Å². The van der Waals surface area contributed by atoms with Crippen molar-refractivity contribution in [2.75, 3.05) is 26.7 Å². The topological polar surface area (TPSA) is 58.4 Å². The van der Waals surface area contributed by atoms with E-state index in [4.69, 9.17) is 0 Å². The van der Waals surface area contributed by atoms with E-state index in [2.05, 4.69) is 10.00 Å². The van der Waals surface area contributed by atoms with Crippen molar-refractivity contribution >= 4 is 10.0 Å². The van der Waals surface area contributed by atoms with Gasteiger partial charge in [-0.25, -0.2) is 8.42 Å². The quantitative estimate of drug-likeness (QED) is 0.851. The van der Waals surface area contributed by atoms with Gasteiger partial charge in [0.25, 0.3) is 0 Å². The molecule has 0 radical (unpaired) electrons. The van der Waals surface area contributed by atoms with Crippen LogP contribution in [0.5, 0.6) is 0 Å². The van der Waals surface area contributed by atoms with Gasteiger partial charge in [0.05, 0.1) is 5.69 Å². The molecule has 0 spiro atoms. The van der Waals surface area contributed by atoms with Crippen LogP contribution in [0.25, 0.3) is 0 Å². The highest BCUT2D eigenvalue weighted by Crippen LogP contribution is 2.28. The zero-order chi connectivity index (χ0) is 16.6. The van der Waals surface area contributed by atoms with Crippen molar-refractivity contribution in [3.05, 3.63) is 47.8 Å². The van der Waals surface area contributed by atoms with Crippen molar-refractivity contribution in [1.82, 2.24) is 19.0 Å². The number of hydrogen-bond acceptors (Lipinski definition) is 4. The fourth-order valence-electron chi connectivity index (χ4n) is 3.07. The van der Waals surface area contributed by atoms with E-state index >= 15 is 0 Å². The fraction of sp³-hybridized carbons (Fsp3) is 0.438. The summed E-state index contributed by atoms with van der Waals surface area (Å²) in [5.74, 6) is 0. The Morgan fingerprint density at radius 3 is 2.43 bits per heavy atom. The average molecular weight is 334 g/mol. The third-order valence-corrected chi connectivity index (χ3v) is 6.35. The van der Waals surface area contributed by atoms with Gasteiger partial charge in [-0.1, -0.05) is 30.3 Å². The second kappa shape index (κ2) is 6.07. The number of piperazine rings is 1. The lowest BCUT2D eigenvalue weighted by atomic mass is 10.0. The minimum atomic E-state index is -3.51. The monoisotopic (exact) mass is 334 g/mol. The molecule has 2 aromatic rings. The molecule has 2 heterocycles. The average Bonchev–Trinajstić information content (AvgIpc) is 2.88. The molecular weight excluding hydrogens is 312 g/mol. The summed E-state index contributed by atoms with van der Waals surface area (Å²) in [5, 5.41) is 4.16. The van der Waals surface area contributed by atoms with Gasteiger partial charge < -0.3 is 0 Å². The Labute approximate surface area is 137 Å². The van der Waals surface area contributed by atoms with E-state index in [-0.39, 0.29) is 6.04 Å². The molecule has 0 bridgehead atoms. The Bertz CT molecular complexity index is 786. The third kappa shape index (κ3) is 3.04. The maximum absolute atomic E-state index is 13.0. The molecule has 1 saturated heterocycles. The van der Waals surface area contributed by atoms with Gasteiger partial charge in [-0.2, -0.15) is 9.40 Å². The van der Waals surface area contributed by atoms with Gasteiger partial charge in [0, 0.05) is 38.9 Å². The van der Waals surface area contributed by atoms with Crippen molar-refractivity contribution in [3.63, 3.8) is 0 Å². The molecule has 1 aromatic heterocycles. The molecule has 0 unspecified atom stereocenters. The fourth-order valence-corrected chi connectivity index (χ4v) is 4.71. The second-order valence-electron chi connectivity index (χ2n) is 6.02. The molecule has 0 aliphatic carbocycles. The number of likely N-dealkylation sites (N-methyl/N-ethyl adjacent to an activating group) is 1. The molecule has 7 heteroatoms. The highest BCUT2D eigenvalue weighted by atomic mass is 32.2. The summed E-state index contributed by atoms with van der Waals surface area (Å²) >= 11 is 0. The van der Waals surface area contributed by atoms with Gasteiger partial charge in [-0.15, -0.1) is 0 Å². The first-order chi connectivity index (χ1) is 10.9. The Balaban J connectivity index is 1.90. The highest BCUT2D eigenvalue weighted by Gasteiger charge is 2.35. The molecule has 1 aliphatic heterocycles. The van der Waals surface area contributed by atoms with Gasteiger partial charge in [0.1, 0.15) is 4.90 Å². The zero-order valence-electron chi connectivity index (χ0n) is 13.7. The van der Waals surface area contributed by atoms with E-state index < -0.39 is 10.0 Å². The summed E-state index contributed by atoms with van der Waals surface area (Å²) in [6.45, 7) is 3.39. The lowest BCUT2D eigenvalue weighted by Gasteiger charge is -2.38. The van der Waals surface area contributed by atoms with E-state index in [1.54, 1.807) is 29.2 Å². The predicted molar refractivity (Wildman–Crippen MR) is 88.5 cm³/mol. The predicted octanol–water partition coefficient (Wildman–Crippen LogP) is 1.41. The molecule has 1 fully saturated rings. The van der Waals surface area contributed by atoms with E-state index in [1.165, 1.54) is 0 Å². The molecule has 1 aliphatic rings. The summed E-state index contributed by atoms with van der Waals surface area (Å²) in [6, 6.07) is 10.1. The van der Waals surface area contributed by atoms with Gasteiger partial charge in [-0.05, 0) is 19.5 Å². The van der Waals surface area contributed by atoms with Crippen molar-refractivity contribution in [3.8, 4) is 0 Å². The van der Waals surface area contributed by atoms with Crippen LogP contribution >= 0.6 is 0 Å². The van der Waals surface area contributed by atoms with Crippen LogP contribution in [-0.4, -0.2) is 54.1 Å². The summed E-state index contributed by atoms with van der Waals surface area (Å²) in [5.41, 5.74) is 1.68. The first-order valence-electron chi connectivity index (χ1n) is 7.65. The maximum Gasteiger partial charge on any atom is 0.246 e. The van der Waals surface area contributed by atoms with Gasteiger partial charge >= 0.3 is 0 Å². The van der Waals surface area contributed by atoms with Crippen molar-refractivity contribution in [1.29, 1.82) is 0 Å². The molecule has 0 amide bonds. The Hall–Kier alpha value is -1.70. The molecule has 0 saturated carbocycles. The van der Waals surface area contributed by atoms with Crippen LogP contribution in [0.3, 0.4) is 0 Å². The Kier molecular flexibility index (Phi) is 4.27. The van der Waals surface area contributed by atoms with E-state index in [1.807, 2.05) is 37.4 Å². The van der Waals surface area contributed by atoms with Crippen LogP contribution in [0.1, 0.15) is 17.3 Å². The number of nitrogens with zero attached hydrogens (tertiary/aromatic N) is 4. The second-order valence-corrected chi connectivity index (χ2v) is 7.93. The SMILES string of the molecule is Cc1nn(C)cc1S(=O)(=O)N1CCN(C)[C@@H](c2ccccc2)C1. The third-order valence-electron chi connectivity index (χ3n) is 4.38. The van der Waals surface area contributed by atoms with Crippen LogP contribution in [-0.2, 0) is 17.1 Å². The molecule has 124 valence electrons. The molecule has 1 aromatic carbocycles. The molecule has 23 heavy (non-hydrogen) atoms. The largest absolute Gasteiger partial charge is 0.297 e. The normalized spacial score (nSPS) is 20.7. The minimum Gasteiger partial charge on any atom is -0.297 e. The Morgan fingerprint density at radius 1 is 1.13 bits per heavy atom. The summed E-state index contributed by atoms with van der Waals surface area (Å²) in [7, 11) is 0.265. The lowest BCUT2D eigenvalue weighted by Crippen LogP contribution is -2.48. The summed E-state index contributed by atoms with van der Waals surface area (Å²) in [4.78, 5) is 2.51. The van der Waals surface area contributed by atoms with Crippen LogP contribution in [0.2, 0.25) is 0 Å². The maximum atomic E-state index is 13.0. The summed E-state index contributed by atoms with van der Waals surface area (Å²) < 4.78 is 29.0. The van der Waals surface area contributed by atoms with Gasteiger partial charge in [0.2, 0.25) is 10.0 Å². The van der Waals surface area contributed by atoms with E-state index in [0.29, 0.717) is 30.2 Å². The number of sulfonamides is 1. The smallest absolute Gasteiger partial charge is 0.246 e. The highest BCUT2D eigenvalue weighted by molar-refractivity contribution is 7.89. The molecule has 1 atom stereocenters. The minimum absolute atomic E-state index is 0.0664. The molecule has 6 nitrogen and oxygen atoms in total. The summed E-state index contributed by atoms with van der Waals surface area (Å²) in [6.07, 6.45) is 1.58. The van der Waals surface area contributed by atoms with Crippen LogP contribution in [0.4, 0.5) is 0 Å². The number of benzene rings is 1. The van der Waals surface area contributed by atoms with Crippen LogP contribution in [0.15, 0.2) is 41.4 Å². The first kappa shape index (κ1) is 16.2. The Morgan fingerprint density at radius 2 is 1.83 bits per heavy atom. The molecular formula is C16H22N4O2S. The van der Waals surface area contributed by atoms with Crippen molar-refractivity contribution in [2.24, 2.45) is 7.05 Å². The van der Waals surface area contributed by atoms with Crippen LogP contribution < -0.4 is 0 Å². The van der Waals surface area contributed by atoms with Gasteiger partial charge in [0.15, 0.2) is 0 Å². The standard InChI is InChI=1S/C16H22N4O2S/c1-13-16(12-19(3)17-13)23(21,22)20-10-9-18(2)15(11-20)14-7-5-4-6-8-14/h4-8,12,15H,9-11H2,1-3H3/t15-/m1/s1. The number of aryl methyl sites for hydroxylation is 2. The first-order valence-corrected chi connectivity index (χ1v) is 9.09. The van der Waals surface area contributed by atoms with Crippen LogP contribution in [0, 0.1) is 6.92 Å². The van der Waals surface area contributed by atoms with E-state index in [0.717, 1.165) is 5.56 Å². The number of hydrogen-bond donors (Lipinski definition) is 0. The number of rotatable bonds is 3. The zero-order valence-corrected chi connectivity index (χ0v) is 14.5. The number of aromatic nitrogens is 2. The molecule has 3 rings (SSSR count). The van der Waals surface area contributed by atoms with E-state index in [9.17, 15) is 8.42 Å². The molecule has 0 N–H and O–H groups in total.